The van der Waals surface area contributed by atoms with Gasteiger partial charge in [-0.1, -0.05) is 18.2 Å². The van der Waals surface area contributed by atoms with Crippen LogP contribution < -0.4 is 4.74 Å². The van der Waals surface area contributed by atoms with Gasteiger partial charge in [-0.3, -0.25) is 9.59 Å². The van der Waals surface area contributed by atoms with Crippen molar-refractivity contribution in [3.8, 4) is 5.75 Å². The summed E-state index contributed by atoms with van der Waals surface area (Å²) in [7, 11) is 1.56. The minimum atomic E-state index is -0.919. The number of carbonyl (C=O) groups excluding carboxylic acids is 1. The van der Waals surface area contributed by atoms with Crippen LogP contribution in [0.5, 0.6) is 5.75 Å². The molecule has 2 atom stereocenters. The molecule has 0 aromatic heterocycles. The molecule has 20 heavy (non-hydrogen) atoms. The Labute approximate surface area is 117 Å². The molecule has 0 bridgehead atoms. The molecule has 1 N–H and O–H groups in total. The number of carbonyl (C=O) groups is 2. The number of amides is 1. The predicted molar refractivity (Wildman–Crippen MR) is 71.3 cm³/mol. The number of carboxylic acids is 1. The van der Waals surface area contributed by atoms with Crippen molar-refractivity contribution in [3.63, 3.8) is 0 Å². The van der Waals surface area contributed by atoms with Gasteiger partial charge in [-0.05, 0) is 18.9 Å². The first kappa shape index (κ1) is 13.0. The van der Waals surface area contributed by atoms with E-state index < -0.39 is 17.9 Å². The number of carboxylic acid groups (broad SMARTS) is 1. The largest absolute Gasteiger partial charge is 0.496 e. The van der Waals surface area contributed by atoms with E-state index in [1.54, 1.807) is 12.0 Å². The lowest BCUT2D eigenvalue weighted by Gasteiger charge is -2.28. The molecule has 0 radical (unpaired) electrons. The second-order valence-corrected chi connectivity index (χ2v) is 5.37. The van der Waals surface area contributed by atoms with E-state index in [0.29, 0.717) is 5.75 Å². The number of likely N-dealkylation sites (tertiary alicyclic amines) is 1. The zero-order valence-electron chi connectivity index (χ0n) is 11.3. The van der Waals surface area contributed by atoms with Crippen LogP contribution in [0.3, 0.4) is 0 Å². The van der Waals surface area contributed by atoms with E-state index in [-0.39, 0.29) is 18.4 Å². The van der Waals surface area contributed by atoms with Crippen LogP contribution in [-0.4, -0.2) is 35.0 Å². The third-order valence-electron chi connectivity index (χ3n) is 4.08. The van der Waals surface area contributed by atoms with Crippen LogP contribution >= 0.6 is 0 Å². The van der Waals surface area contributed by atoms with Crippen molar-refractivity contribution in [3.05, 3.63) is 29.8 Å². The molecule has 0 spiro atoms. The molecule has 2 aliphatic rings. The molecule has 1 amide bonds. The molecule has 5 heteroatoms. The van der Waals surface area contributed by atoms with E-state index in [2.05, 4.69) is 0 Å². The zero-order valence-corrected chi connectivity index (χ0v) is 11.3. The first-order valence-corrected chi connectivity index (χ1v) is 6.80. The molecule has 1 aromatic rings. The van der Waals surface area contributed by atoms with Gasteiger partial charge < -0.3 is 14.7 Å². The Morgan fingerprint density at radius 3 is 2.65 bits per heavy atom. The normalized spacial score (nSPS) is 25.9. The lowest BCUT2D eigenvalue weighted by molar-refractivity contribution is -0.142. The summed E-state index contributed by atoms with van der Waals surface area (Å²) in [4.78, 5) is 25.4. The summed E-state index contributed by atoms with van der Waals surface area (Å²) in [6.45, 7) is 0. The standard InChI is InChI=1S/C15H17NO4/c1-20-12-5-3-2-4-10(12)14-11(15(18)19)8-13(17)16(14)9-6-7-9/h2-5,9,11,14H,6-8H2,1H3,(H,18,19)/t11-,14-/m1/s1. The number of nitrogens with zero attached hydrogens (tertiary/aromatic N) is 1. The van der Waals surface area contributed by atoms with Crippen LogP contribution in [0.15, 0.2) is 24.3 Å². The molecule has 1 aliphatic heterocycles. The fourth-order valence-electron chi connectivity index (χ4n) is 3.04. The molecule has 1 saturated carbocycles. The number of benzene rings is 1. The predicted octanol–water partition coefficient (Wildman–Crippen LogP) is 1.83. The highest BCUT2D eigenvalue weighted by Gasteiger charge is 2.50. The van der Waals surface area contributed by atoms with E-state index in [4.69, 9.17) is 4.74 Å². The van der Waals surface area contributed by atoms with E-state index in [9.17, 15) is 14.7 Å². The summed E-state index contributed by atoms with van der Waals surface area (Å²) in [6, 6.07) is 7.14. The van der Waals surface area contributed by atoms with Crippen LogP contribution in [0, 0.1) is 5.92 Å². The van der Waals surface area contributed by atoms with Gasteiger partial charge in [0.25, 0.3) is 0 Å². The van der Waals surface area contributed by atoms with Crippen molar-refractivity contribution in [1.82, 2.24) is 4.90 Å². The average Bonchev–Trinajstić information content (AvgIpc) is 3.21. The van der Waals surface area contributed by atoms with Gasteiger partial charge in [0.15, 0.2) is 0 Å². The van der Waals surface area contributed by atoms with Crippen molar-refractivity contribution < 1.29 is 19.4 Å². The fourth-order valence-corrected chi connectivity index (χ4v) is 3.04. The highest BCUT2D eigenvalue weighted by molar-refractivity contribution is 5.88. The van der Waals surface area contributed by atoms with Crippen LogP contribution in [0.25, 0.3) is 0 Å². The van der Waals surface area contributed by atoms with Crippen LogP contribution in [-0.2, 0) is 9.59 Å². The first-order chi connectivity index (χ1) is 9.63. The number of rotatable bonds is 4. The smallest absolute Gasteiger partial charge is 0.309 e. The summed E-state index contributed by atoms with van der Waals surface area (Å²) in [5.41, 5.74) is 0.792. The van der Waals surface area contributed by atoms with Gasteiger partial charge >= 0.3 is 5.97 Å². The number of para-hydroxylation sites is 1. The molecule has 106 valence electrons. The van der Waals surface area contributed by atoms with Gasteiger partial charge in [0.2, 0.25) is 5.91 Å². The molecule has 1 heterocycles. The Kier molecular flexibility index (Phi) is 3.12. The van der Waals surface area contributed by atoms with Crippen LogP contribution in [0.2, 0.25) is 0 Å². The van der Waals surface area contributed by atoms with E-state index in [1.165, 1.54) is 0 Å². The minimum Gasteiger partial charge on any atom is -0.496 e. The average molecular weight is 275 g/mol. The Hall–Kier alpha value is -2.04. The van der Waals surface area contributed by atoms with Gasteiger partial charge in [-0.15, -0.1) is 0 Å². The molecule has 1 aliphatic carbocycles. The molecular weight excluding hydrogens is 258 g/mol. The Morgan fingerprint density at radius 1 is 1.35 bits per heavy atom. The van der Waals surface area contributed by atoms with Crippen molar-refractivity contribution >= 4 is 11.9 Å². The van der Waals surface area contributed by atoms with Crippen LogP contribution in [0.4, 0.5) is 0 Å². The van der Waals surface area contributed by atoms with Gasteiger partial charge in [0.05, 0.1) is 19.1 Å². The topological polar surface area (TPSA) is 66.8 Å². The lowest BCUT2D eigenvalue weighted by atomic mass is 9.93. The second kappa shape index (κ2) is 4.81. The summed E-state index contributed by atoms with van der Waals surface area (Å²) < 4.78 is 5.34. The number of methoxy groups -OCH3 is 1. The third-order valence-corrected chi connectivity index (χ3v) is 4.08. The second-order valence-electron chi connectivity index (χ2n) is 5.37. The minimum absolute atomic E-state index is 0.0594. The Balaban J connectivity index is 2.05. The number of hydrogen-bond donors (Lipinski definition) is 1. The summed E-state index contributed by atoms with van der Waals surface area (Å²) in [5.74, 6) is -1.03. The van der Waals surface area contributed by atoms with Crippen molar-refractivity contribution in [2.24, 2.45) is 5.92 Å². The molecule has 1 saturated heterocycles. The van der Waals surface area contributed by atoms with E-state index >= 15 is 0 Å². The molecule has 1 aromatic carbocycles. The summed E-state index contributed by atoms with van der Waals surface area (Å²) in [6.07, 6.45) is 2.00. The molecule has 5 nitrogen and oxygen atoms in total. The molecular formula is C15H17NO4. The highest BCUT2D eigenvalue weighted by atomic mass is 16.5. The highest BCUT2D eigenvalue weighted by Crippen LogP contribution is 2.47. The summed E-state index contributed by atoms with van der Waals surface area (Å²) >= 11 is 0. The fraction of sp³-hybridized carbons (Fsp3) is 0.467. The van der Waals surface area contributed by atoms with Gasteiger partial charge in [0.1, 0.15) is 5.75 Å². The van der Waals surface area contributed by atoms with Crippen LogP contribution in [0.1, 0.15) is 30.9 Å². The quantitative estimate of drug-likeness (QED) is 0.910. The van der Waals surface area contributed by atoms with Crippen molar-refractivity contribution in [2.75, 3.05) is 7.11 Å². The number of aliphatic carboxylic acids is 1. The maximum Gasteiger partial charge on any atom is 0.309 e. The number of ether oxygens (including phenoxy) is 1. The summed E-state index contributed by atoms with van der Waals surface area (Å²) in [5, 5.41) is 9.43. The first-order valence-electron chi connectivity index (χ1n) is 6.80. The van der Waals surface area contributed by atoms with E-state index in [1.807, 2.05) is 24.3 Å². The monoisotopic (exact) mass is 275 g/mol. The van der Waals surface area contributed by atoms with Gasteiger partial charge in [-0.2, -0.15) is 0 Å². The van der Waals surface area contributed by atoms with Gasteiger partial charge in [0, 0.05) is 18.0 Å². The number of hydrogen-bond acceptors (Lipinski definition) is 3. The lowest BCUT2D eigenvalue weighted by Crippen LogP contribution is -2.32. The maximum absolute atomic E-state index is 12.2. The SMILES string of the molecule is COc1ccccc1[C@@H]1[C@H](C(=O)O)CC(=O)N1C1CC1. The maximum atomic E-state index is 12.2. The Bertz CT molecular complexity index is 553. The molecule has 2 fully saturated rings. The third kappa shape index (κ3) is 2.03. The zero-order chi connectivity index (χ0) is 14.3. The van der Waals surface area contributed by atoms with E-state index in [0.717, 1.165) is 18.4 Å². The van der Waals surface area contributed by atoms with Gasteiger partial charge in [-0.25, -0.2) is 0 Å². The van der Waals surface area contributed by atoms with Crippen molar-refractivity contribution in [1.29, 1.82) is 0 Å². The molecule has 0 unspecified atom stereocenters. The molecule has 3 rings (SSSR count). The van der Waals surface area contributed by atoms with Crippen molar-refractivity contribution in [2.45, 2.75) is 31.3 Å². The Morgan fingerprint density at radius 2 is 2.05 bits per heavy atom.